The van der Waals surface area contributed by atoms with E-state index in [0.717, 1.165) is 78.1 Å². The Morgan fingerprint density at radius 2 is 0.758 bits per heavy atom. The zero-order chi connectivity index (χ0) is 41.4. The highest BCUT2D eigenvalue weighted by Gasteiger charge is 2.23. The Kier molecular flexibility index (Phi) is 9.36. The SMILES string of the molecule is N/C(=C\C(=NCc1ccccc1)c1cccc(-c2ccccc2)c1-n1c2ccccc2c2ccccc21)c1cccc(-c2ccccc2)c1-n1c2ccccc2c2ccccc21. The molecular formula is C58H42N4. The lowest BCUT2D eigenvalue weighted by Crippen LogP contribution is -2.12. The summed E-state index contributed by atoms with van der Waals surface area (Å²) >= 11 is 0. The molecule has 62 heavy (non-hydrogen) atoms. The number of fused-ring (bicyclic) bond motifs is 6. The second-order valence-electron chi connectivity index (χ2n) is 15.7. The molecule has 0 bridgehead atoms. The van der Waals surface area contributed by atoms with Crippen LogP contribution in [0, 0.1) is 0 Å². The van der Waals surface area contributed by atoms with Crippen LogP contribution in [0.4, 0.5) is 0 Å². The number of rotatable bonds is 9. The molecule has 0 saturated carbocycles. The van der Waals surface area contributed by atoms with Crippen LogP contribution in [0.2, 0.25) is 0 Å². The number of aromatic nitrogens is 2. The van der Waals surface area contributed by atoms with E-state index in [-0.39, 0.29) is 0 Å². The van der Waals surface area contributed by atoms with Gasteiger partial charge in [0.15, 0.2) is 0 Å². The van der Waals surface area contributed by atoms with Gasteiger partial charge >= 0.3 is 0 Å². The molecule has 2 N–H and O–H groups in total. The Hall–Kier alpha value is -8.21. The van der Waals surface area contributed by atoms with E-state index in [0.29, 0.717) is 12.2 Å². The van der Waals surface area contributed by atoms with Gasteiger partial charge in [-0.1, -0.05) is 200 Å². The van der Waals surface area contributed by atoms with Crippen molar-refractivity contribution in [2.75, 3.05) is 0 Å². The first kappa shape index (κ1) is 36.8. The first-order valence-corrected chi connectivity index (χ1v) is 21.1. The highest BCUT2D eigenvalue weighted by Crippen LogP contribution is 2.41. The molecule has 2 aromatic heterocycles. The van der Waals surface area contributed by atoms with E-state index in [9.17, 15) is 0 Å². The predicted octanol–water partition coefficient (Wildman–Crippen LogP) is 14.2. The summed E-state index contributed by atoms with van der Waals surface area (Å²) in [5, 5.41) is 4.78. The van der Waals surface area contributed by atoms with Crippen LogP contribution in [0.3, 0.4) is 0 Å². The maximum Gasteiger partial charge on any atom is 0.0692 e. The molecule has 0 spiro atoms. The zero-order valence-corrected chi connectivity index (χ0v) is 34.1. The molecule has 0 saturated heterocycles. The molecule has 0 aliphatic carbocycles. The summed E-state index contributed by atoms with van der Waals surface area (Å²) < 4.78 is 4.81. The van der Waals surface area contributed by atoms with Gasteiger partial charge in [0.1, 0.15) is 0 Å². The Morgan fingerprint density at radius 3 is 1.21 bits per heavy atom. The molecule has 0 amide bonds. The number of hydrogen-bond acceptors (Lipinski definition) is 2. The van der Waals surface area contributed by atoms with Gasteiger partial charge in [-0.2, -0.15) is 0 Å². The zero-order valence-electron chi connectivity index (χ0n) is 34.1. The van der Waals surface area contributed by atoms with Gasteiger partial charge in [-0.15, -0.1) is 0 Å². The molecule has 0 unspecified atom stereocenters. The van der Waals surface area contributed by atoms with Gasteiger partial charge in [-0.25, -0.2) is 0 Å². The van der Waals surface area contributed by atoms with Gasteiger partial charge in [0.05, 0.1) is 45.7 Å². The number of nitrogens with two attached hydrogens (primary N) is 1. The van der Waals surface area contributed by atoms with Crippen molar-refractivity contribution in [3.63, 3.8) is 0 Å². The number of benzene rings is 9. The molecule has 0 fully saturated rings. The lowest BCUT2D eigenvalue weighted by Gasteiger charge is -2.21. The largest absolute Gasteiger partial charge is 0.398 e. The predicted molar refractivity (Wildman–Crippen MR) is 261 cm³/mol. The lowest BCUT2D eigenvalue weighted by molar-refractivity contribution is 1.07. The summed E-state index contributed by atoms with van der Waals surface area (Å²) in [7, 11) is 0. The topological polar surface area (TPSA) is 48.2 Å². The Balaban J connectivity index is 1.21. The average molecular weight is 795 g/mol. The molecule has 11 aromatic rings. The summed E-state index contributed by atoms with van der Waals surface area (Å²) in [5.41, 5.74) is 23.0. The maximum atomic E-state index is 7.60. The Morgan fingerprint density at radius 1 is 0.387 bits per heavy atom. The summed E-state index contributed by atoms with van der Waals surface area (Å²) in [5.74, 6) is 0. The minimum atomic E-state index is 0.478. The molecule has 9 aromatic carbocycles. The van der Waals surface area contributed by atoms with Gasteiger partial charge in [0.25, 0.3) is 0 Å². The van der Waals surface area contributed by atoms with Crippen molar-refractivity contribution in [2.24, 2.45) is 10.7 Å². The fourth-order valence-electron chi connectivity index (χ4n) is 9.23. The van der Waals surface area contributed by atoms with Crippen LogP contribution in [0.5, 0.6) is 0 Å². The average Bonchev–Trinajstić information content (AvgIpc) is 3.86. The molecule has 0 atom stereocenters. The van der Waals surface area contributed by atoms with Crippen molar-refractivity contribution < 1.29 is 0 Å². The second-order valence-corrected chi connectivity index (χ2v) is 15.7. The third-order valence-corrected chi connectivity index (χ3v) is 12.0. The fraction of sp³-hybridized carbons (Fsp3) is 0.0172. The van der Waals surface area contributed by atoms with E-state index >= 15 is 0 Å². The van der Waals surface area contributed by atoms with Crippen molar-refractivity contribution in [3.05, 3.63) is 247 Å². The summed E-state index contributed by atoms with van der Waals surface area (Å²) in [4.78, 5) is 5.51. The maximum absolute atomic E-state index is 7.60. The molecule has 0 aliphatic heterocycles. The first-order valence-electron chi connectivity index (χ1n) is 21.1. The normalized spacial score (nSPS) is 12.2. The van der Waals surface area contributed by atoms with E-state index in [1.54, 1.807) is 0 Å². The van der Waals surface area contributed by atoms with Gasteiger partial charge in [-0.3, -0.25) is 4.99 Å². The minimum absolute atomic E-state index is 0.478. The highest BCUT2D eigenvalue weighted by atomic mass is 15.0. The molecule has 11 rings (SSSR count). The van der Waals surface area contributed by atoms with E-state index in [1.165, 1.54) is 21.5 Å². The molecule has 2 heterocycles. The van der Waals surface area contributed by atoms with Crippen molar-refractivity contribution in [1.82, 2.24) is 9.13 Å². The van der Waals surface area contributed by atoms with Crippen molar-refractivity contribution in [2.45, 2.75) is 6.54 Å². The fourth-order valence-corrected chi connectivity index (χ4v) is 9.23. The highest BCUT2D eigenvalue weighted by molar-refractivity contribution is 6.18. The van der Waals surface area contributed by atoms with Crippen LogP contribution in [0.15, 0.2) is 236 Å². The molecular weight excluding hydrogens is 753 g/mol. The number of hydrogen-bond donors (Lipinski definition) is 1. The number of nitrogens with zero attached hydrogens (tertiary/aromatic N) is 3. The number of para-hydroxylation sites is 6. The van der Waals surface area contributed by atoms with Crippen LogP contribution in [-0.4, -0.2) is 14.8 Å². The summed E-state index contributed by atoms with van der Waals surface area (Å²) in [6.07, 6.45) is 2.10. The van der Waals surface area contributed by atoms with Gasteiger partial charge in [0, 0.05) is 49.5 Å². The lowest BCUT2D eigenvalue weighted by atomic mass is 9.94. The van der Waals surface area contributed by atoms with E-state index in [4.69, 9.17) is 10.7 Å². The molecule has 4 nitrogen and oxygen atoms in total. The van der Waals surface area contributed by atoms with Crippen molar-refractivity contribution in [3.8, 4) is 33.6 Å². The third kappa shape index (κ3) is 6.37. The van der Waals surface area contributed by atoms with Crippen LogP contribution in [0.25, 0.3) is 82.9 Å². The summed E-state index contributed by atoms with van der Waals surface area (Å²) in [6, 6.07) is 79.5. The smallest absolute Gasteiger partial charge is 0.0692 e. The van der Waals surface area contributed by atoms with Crippen LogP contribution in [0.1, 0.15) is 16.7 Å². The molecule has 4 heteroatoms. The van der Waals surface area contributed by atoms with E-state index < -0.39 is 0 Å². The van der Waals surface area contributed by atoms with Crippen LogP contribution >= 0.6 is 0 Å². The monoisotopic (exact) mass is 794 g/mol. The molecule has 0 aliphatic rings. The van der Waals surface area contributed by atoms with Crippen molar-refractivity contribution in [1.29, 1.82) is 0 Å². The second kappa shape index (κ2) is 15.8. The van der Waals surface area contributed by atoms with Crippen LogP contribution < -0.4 is 5.73 Å². The number of allylic oxidation sites excluding steroid dienone is 1. The number of aliphatic imine (C=N–C) groups is 1. The van der Waals surface area contributed by atoms with Gasteiger partial charge in [-0.05, 0) is 47.0 Å². The first-order chi connectivity index (χ1) is 30.7. The minimum Gasteiger partial charge on any atom is -0.398 e. The molecule has 0 radical (unpaired) electrons. The molecule has 294 valence electrons. The Bertz CT molecular complexity index is 3380. The van der Waals surface area contributed by atoms with Crippen LogP contribution in [-0.2, 0) is 6.54 Å². The standard InChI is InChI=1S/C58H42N4/c59-51(49-32-18-30-43(41-22-6-2-7-23-41)57(49)61-53-34-14-10-26-45(53)46-27-11-15-35-54(46)61)38-52(60-39-40-20-4-1-5-21-40)50-33-19-31-44(42-24-8-3-9-25-42)58(50)62-55-36-16-12-28-47(55)48-29-13-17-37-56(48)62/h1-38H,39,59H2/b51-38-,60-52?. The summed E-state index contributed by atoms with van der Waals surface area (Å²) in [6.45, 7) is 0.478. The Labute approximate surface area is 360 Å². The van der Waals surface area contributed by atoms with Crippen molar-refractivity contribution >= 4 is 55.0 Å². The van der Waals surface area contributed by atoms with Gasteiger partial charge in [0.2, 0.25) is 0 Å². The van der Waals surface area contributed by atoms with Gasteiger partial charge < -0.3 is 14.9 Å². The van der Waals surface area contributed by atoms with E-state index in [2.05, 4.69) is 234 Å². The quantitative estimate of drug-likeness (QED) is 0.145. The third-order valence-electron chi connectivity index (χ3n) is 12.0. The van der Waals surface area contributed by atoms with E-state index in [1.807, 2.05) is 6.07 Å².